The molecule has 0 saturated carbocycles. The lowest BCUT2D eigenvalue weighted by molar-refractivity contribution is -0.144. The lowest BCUT2D eigenvalue weighted by Gasteiger charge is -2.34. The van der Waals surface area contributed by atoms with Gasteiger partial charge in [-0.1, -0.05) is 30.3 Å². The van der Waals surface area contributed by atoms with Gasteiger partial charge in [0.15, 0.2) is 17.0 Å². The number of carbonyl (C=O) groups excluding carboxylic acids is 1. The van der Waals surface area contributed by atoms with Crippen LogP contribution in [0.3, 0.4) is 0 Å². The Kier molecular flexibility index (Phi) is 7.39. The highest BCUT2D eigenvalue weighted by Crippen LogP contribution is 2.27. The summed E-state index contributed by atoms with van der Waals surface area (Å²) >= 11 is 0. The molecule has 1 aromatic carbocycles. The van der Waals surface area contributed by atoms with Gasteiger partial charge in [0.25, 0.3) is 0 Å². The third-order valence-corrected chi connectivity index (χ3v) is 5.83. The van der Waals surface area contributed by atoms with Gasteiger partial charge in [-0.3, -0.25) is 9.69 Å². The molecule has 0 radical (unpaired) electrons. The van der Waals surface area contributed by atoms with Crippen molar-refractivity contribution >= 4 is 28.9 Å². The molecule has 0 amide bonds. The Morgan fingerprint density at radius 1 is 1.12 bits per heavy atom. The molecule has 176 valence electrons. The molecule has 1 saturated heterocycles. The monoisotopic (exact) mass is 451 g/mol. The van der Waals surface area contributed by atoms with Gasteiger partial charge < -0.3 is 19.5 Å². The number of piperazine rings is 1. The molecule has 1 aliphatic rings. The van der Waals surface area contributed by atoms with Gasteiger partial charge in [-0.25, -0.2) is 4.98 Å². The zero-order chi connectivity index (χ0) is 23.2. The molecule has 1 fully saturated rings. The Morgan fingerprint density at radius 3 is 2.58 bits per heavy atom. The van der Waals surface area contributed by atoms with E-state index < -0.39 is 0 Å². The van der Waals surface area contributed by atoms with E-state index in [0.29, 0.717) is 19.1 Å². The number of esters is 1. The first-order valence-electron chi connectivity index (χ1n) is 11.7. The Morgan fingerprint density at radius 2 is 1.88 bits per heavy atom. The minimum Gasteiger partial charge on any atom is -0.465 e. The fourth-order valence-corrected chi connectivity index (χ4v) is 4.05. The molecule has 3 aromatic rings. The number of hydrogen-bond donors (Lipinski definition) is 1. The van der Waals surface area contributed by atoms with E-state index in [-0.39, 0.29) is 12.0 Å². The lowest BCUT2D eigenvalue weighted by Crippen LogP contribution is -2.48. The van der Waals surface area contributed by atoms with Gasteiger partial charge in [-0.2, -0.15) is 9.97 Å². The van der Waals surface area contributed by atoms with Gasteiger partial charge >= 0.3 is 5.97 Å². The number of fused-ring (bicyclic) bond motifs is 1. The molecule has 1 N–H and O–H groups in total. The van der Waals surface area contributed by atoms with E-state index in [0.717, 1.165) is 56.1 Å². The van der Waals surface area contributed by atoms with E-state index in [4.69, 9.17) is 14.7 Å². The second kappa shape index (κ2) is 10.6. The van der Waals surface area contributed by atoms with Crippen LogP contribution in [0.1, 0.15) is 32.4 Å². The van der Waals surface area contributed by atoms with Gasteiger partial charge in [0, 0.05) is 38.8 Å². The molecule has 0 aliphatic carbocycles. The number of hydrogen-bond acceptors (Lipinski definition) is 8. The topological polar surface area (TPSA) is 88.4 Å². The Balaban J connectivity index is 1.51. The van der Waals surface area contributed by atoms with E-state index in [1.54, 1.807) is 0 Å². The summed E-state index contributed by atoms with van der Waals surface area (Å²) in [5.41, 5.74) is 2.93. The molecule has 0 bridgehead atoms. The normalized spacial score (nSPS) is 14.7. The minimum absolute atomic E-state index is 0.170. The maximum atomic E-state index is 11.8. The molecule has 9 heteroatoms. The van der Waals surface area contributed by atoms with E-state index >= 15 is 0 Å². The first kappa shape index (κ1) is 23.0. The number of nitrogens with one attached hydrogen (secondary N) is 1. The van der Waals surface area contributed by atoms with Crippen LogP contribution in [0.2, 0.25) is 0 Å². The van der Waals surface area contributed by atoms with Crippen molar-refractivity contribution in [3.05, 3.63) is 42.2 Å². The van der Waals surface area contributed by atoms with Gasteiger partial charge in [0.2, 0.25) is 5.95 Å². The number of ether oxygens (including phenoxy) is 1. The second-order valence-corrected chi connectivity index (χ2v) is 8.52. The Hall–Kier alpha value is -3.20. The van der Waals surface area contributed by atoms with Crippen LogP contribution in [-0.4, -0.2) is 76.3 Å². The molecule has 33 heavy (non-hydrogen) atoms. The fourth-order valence-electron chi connectivity index (χ4n) is 4.05. The number of rotatable bonds is 9. The number of anilines is 2. The Bertz CT molecular complexity index is 1060. The van der Waals surface area contributed by atoms with Crippen LogP contribution in [0.15, 0.2) is 36.7 Å². The molecular weight excluding hydrogens is 418 g/mol. The standard InChI is InChI=1S/C24H33N7O2/c1-4-33-20(32)16-29-12-14-30(15-13-29)22-21-23(31(17-26-21)18(2)3)28-24(27-22)25-11-10-19-8-6-5-7-9-19/h5-9,17-18H,4,10-16H2,1-3H3,(H,25,27,28). The first-order chi connectivity index (χ1) is 16.0. The molecule has 0 atom stereocenters. The van der Waals surface area contributed by atoms with E-state index in [2.05, 4.69) is 62.8 Å². The van der Waals surface area contributed by atoms with Gasteiger partial charge in [-0.05, 0) is 32.8 Å². The third-order valence-electron chi connectivity index (χ3n) is 5.83. The van der Waals surface area contributed by atoms with Crippen molar-refractivity contribution in [3.8, 4) is 0 Å². The number of nitrogens with zero attached hydrogens (tertiary/aromatic N) is 6. The van der Waals surface area contributed by atoms with Crippen molar-refractivity contribution in [3.63, 3.8) is 0 Å². The smallest absolute Gasteiger partial charge is 0.320 e. The maximum absolute atomic E-state index is 11.8. The van der Waals surface area contributed by atoms with Crippen LogP contribution in [0.4, 0.5) is 11.8 Å². The zero-order valence-corrected chi connectivity index (χ0v) is 19.7. The van der Waals surface area contributed by atoms with Gasteiger partial charge in [0.1, 0.15) is 0 Å². The van der Waals surface area contributed by atoms with Crippen LogP contribution < -0.4 is 10.2 Å². The highest BCUT2D eigenvalue weighted by molar-refractivity contribution is 5.85. The van der Waals surface area contributed by atoms with Gasteiger partial charge in [0.05, 0.1) is 19.5 Å². The molecule has 4 rings (SSSR count). The average Bonchev–Trinajstić information content (AvgIpc) is 3.24. The van der Waals surface area contributed by atoms with Crippen molar-refractivity contribution in [1.82, 2.24) is 24.4 Å². The average molecular weight is 452 g/mol. The van der Waals surface area contributed by atoms with Crippen LogP contribution in [0.25, 0.3) is 11.2 Å². The van der Waals surface area contributed by atoms with Crippen LogP contribution in [-0.2, 0) is 16.0 Å². The summed E-state index contributed by atoms with van der Waals surface area (Å²) in [6, 6.07) is 10.6. The fraction of sp³-hybridized carbons (Fsp3) is 0.500. The predicted octanol–water partition coefficient (Wildman–Crippen LogP) is 2.75. The number of imidazole rings is 1. The van der Waals surface area contributed by atoms with Crippen molar-refractivity contribution in [2.75, 3.05) is 56.1 Å². The quantitative estimate of drug-likeness (QED) is 0.497. The molecule has 9 nitrogen and oxygen atoms in total. The Labute approximate surface area is 194 Å². The summed E-state index contributed by atoms with van der Waals surface area (Å²) < 4.78 is 7.17. The third kappa shape index (κ3) is 5.60. The highest BCUT2D eigenvalue weighted by Gasteiger charge is 2.24. The molecular formula is C24H33N7O2. The van der Waals surface area contributed by atoms with Crippen molar-refractivity contribution in [2.45, 2.75) is 33.2 Å². The molecule has 0 spiro atoms. The van der Waals surface area contributed by atoms with Crippen LogP contribution >= 0.6 is 0 Å². The summed E-state index contributed by atoms with van der Waals surface area (Å²) in [5.74, 6) is 1.29. The SMILES string of the molecule is CCOC(=O)CN1CCN(c2nc(NCCc3ccccc3)nc3c2ncn3C(C)C)CC1. The predicted molar refractivity (Wildman–Crippen MR) is 130 cm³/mol. The summed E-state index contributed by atoms with van der Waals surface area (Å²) in [5, 5.41) is 3.41. The lowest BCUT2D eigenvalue weighted by atomic mass is 10.1. The summed E-state index contributed by atoms with van der Waals surface area (Å²) in [6.45, 7) is 10.6. The van der Waals surface area contributed by atoms with Crippen molar-refractivity contribution in [2.24, 2.45) is 0 Å². The first-order valence-corrected chi connectivity index (χ1v) is 11.7. The molecule has 1 aliphatic heterocycles. The molecule has 0 unspecified atom stereocenters. The van der Waals surface area contributed by atoms with E-state index in [9.17, 15) is 4.79 Å². The maximum Gasteiger partial charge on any atom is 0.320 e. The van der Waals surface area contributed by atoms with Gasteiger partial charge in [-0.15, -0.1) is 0 Å². The number of carbonyl (C=O) groups is 1. The highest BCUT2D eigenvalue weighted by atomic mass is 16.5. The zero-order valence-electron chi connectivity index (χ0n) is 19.7. The largest absolute Gasteiger partial charge is 0.465 e. The molecule has 3 heterocycles. The van der Waals surface area contributed by atoms with Crippen molar-refractivity contribution < 1.29 is 9.53 Å². The molecule has 2 aromatic heterocycles. The summed E-state index contributed by atoms with van der Waals surface area (Å²) in [4.78, 5) is 30.5. The number of benzene rings is 1. The van der Waals surface area contributed by atoms with Crippen LogP contribution in [0, 0.1) is 0 Å². The van der Waals surface area contributed by atoms with E-state index in [1.165, 1.54) is 5.56 Å². The van der Waals surface area contributed by atoms with Crippen molar-refractivity contribution in [1.29, 1.82) is 0 Å². The van der Waals surface area contributed by atoms with Crippen LogP contribution in [0.5, 0.6) is 0 Å². The number of aromatic nitrogens is 4. The summed E-state index contributed by atoms with van der Waals surface area (Å²) in [7, 11) is 0. The minimum atomic E-state index is -0.170. The second-order valence-electron chi connectivity index (χ2n) is 8.52. The summed E-state index contributed by atoms with van der Waals surface area (Å²) in [6.07, 6.45) is 2.74. The van der Waals surface area contributed by atoms with E-state index in [1.807, 2.05) is 19.3 Å².